The minimum Gasteiger partial charge on any atom is -0.432 e. The Labute approximate surface area is 192 Å². The molecule has 0 aliphatic heterocycles. The number of nitrogens with zero attached hydrogens (tertiary/aromatic N) is 5. The predicted molar refractivity (Wildman–Crippen MR) is 122 cm³/mol. The number of hydrogen-bond donors (Lipinski definition) is 1. The van der Waals surface area contributed by atoms with Gasteiger partial charge in [0.1, 0.15) is 17.5 Å². The van der Waals surface area contributed by atoms with Gasteiger partial charge in [0.25, 0.3) is 11.4 Å². The standard InChI is InChI=1S/C24H19FN6O3/c25-19-9-5-4-8-17(19)14-30-15-28-21-18(24(30)33)12-29-31(21)11-10-26-22(32)23-27-13-20(34-23)16-6-2-1-3-7-16/h1-9,12-13,15H,10-11,14H2,(H,26,32). The molecule has 0 radical (unpaired) electrons. The van der Waals surface area contributed by atoms with E-state index in [1.54, 1.807) is 18.2 Å². The molecule has 1 N–H and O–H groups in total. The van der Waals surface area contributed by atoms with Crippen LogP contribution in [0.2, 0.25) is 0 Å². The van der Waals surface area contributed by atoms with E-state index in [0.29, 0.717) is 22.4 Å². The summed E-state index contributed by atoms with van der Waals surface area (Å²) in [7, 11) is 0. The lowest BCUT2D eigenvalue weighted by Crippen LogP contribution is -2.28. The van der Waals surface area contributed by atoms with Gasteiger partial charge >= 0.3 is 5.91 Å². The van der Waals surface area contributed by atoms with Crippen molar-refractivity contribution in [2.45, 2.75) is 13.1 Å². The van der Waals surface area contributed by atoms with E-state index in [2.05, 4.69) is 20.4 Å². The molecule has 5 rings (SSSR count). The van der Waals surface area contributed by atoms with Crippen LogP contribution in [0.1, 0.15) is 16.2 Å². The summed E-state index contributed by atoms with van der Waals surface area (Å²) in [5.74, 6) is -0.389. The van der Waals surface area contributed by atoms with E-state index >= 15 is 0 Å². The monoisotopic (exact) mass is 458 g/mol. The highest BCUT2D eigenvalue weighted by molar-refractivity contribution is 5.90. The molecule has 0 saturated heterocycles. The maximum Gasteiger partial charge on any atom is 0.307 e. The average molecular weight is 458 g/mol. The molecule has 0 fully saturated rings. The van der Waals surface area contributed by atoms with Gasteiger partial charge in [-0.05, 0) is 6.07 Å². The Bertz CT molecular complexity index is 1520. The summed E-state index contributed by atoms with van der Waals surface area (Å²) in [6.07, 6.45) is 4.29. The van der Waals surface area contributed by atoms with Crippen molar-refractivity contribution < 1.29 is 13.6 Å². The Balaban J connectivity index is 1.25. The third-order valence-corrected chi connectivity index (χ3v) is 5.29. The van der Waals surface area contributed by atoms with Crippen LogP contribution in [0.15, 0.2) is 82.5 Å². The molecule has 9 nitrogen and oxygen atoms in total. The van der Waals surface area contributed by atoms with Crippen LogP contribution >= 0.6 is 0 Å². The molecule has 10 heteroatoms. The Hall–Kier alpha value is -4.60. The van der Waals surface area contributed by atoms with Crippen LogP contribution in [0.3, 0.4) is 0 Å². The van der Waals surface area contributed by atoms with E-state index in [1.165, 1.54) is 34.0 Å². The van der Waals surface area contributed by atoms with E-state index in [-0.39, 0.29) is 36.9 Å². The first-order chi connectivity index (χ1) is 16.6. The van der Waals surface area contributed by atoms with Crippen LogP contribution in [0.5, 0.6) is 0 Å². The first-order valence-corrected chi connectivity index (χ1v) is 10.5. The summed E-state index contributed by atoms with van der Waals surface area (Å²) >= 11 is 0. The van der Waals surface area contributed by atoms with Crippen molar-refractivity contribution in [1.82, 2.24) is 29.6 Å². The number of carbonyl (C=O) groups excluding carboxylic acids is 1. The highest BCUT2D eigenvalue weighted by Gasteiger charge is 2.15. The third kappa shape index (κ3) is 4.20. The maximum atomic E-state index is 13.9. The number of nitrogens with one attached hydrogen (secondary N) is 1. The summed E-state index contributed by atoms with van der Waals surface area (Å²) in [5, 5.41) is 7.24. The zero-order valence-corrected chi connectivity index (χ0v) is 17.9. The molecule has 0 atom stereocenters. The Morgan fingerprint density at radius 2 is 1.82 bits per heavy atom. The van der Waals surface area contributed by atoms with Crippen molar-refractivity contribution in [3.8, 4) is 11.3 Å². The third-order valence-electron chi connectivity index (χ3n) is 5.29. The topological polar surface area (TPSA) is 108 Å². The normalized spacial score (nSPS) is 11.1. The highest BCUT2D eigenvalue weighted by atomic mass is 19.1. The Morgan fingerprint density at radius 1 is 1.03 bits per heavy atom. The molecule has 1 amide bonds. The number of oxazole rings is 1. The molecular formula is C24H19FN6O3. The van der Waals surface area contributed by atoms with Crippen LogP contribution in [0.4, 0.5) is 4.39 Å². The fourth-order valence-corrected chi connectivity index (χ4v) is 3.55. The number of aromatic nitrogens is 5. The number of amides is 1. The molecule has 34 heavy (non-hydrogen) atoms. The van der Waals surface area contributed by atoms with E-state index in [1.807, 2.05) is 30.3 Å². The molecule has 0 unspecified atom stereocenters. The summed E-state index contributed by atoms with van der Waals surface area (Å²) in [6.45, 7) is 0.570. The lowest BCUT2D eigenvalue weighted by molar-refractivity contribution is 0.0918. The van der Waals surface area contributed by atoms with E-state index < -0.39 is 5.91 Å². The first-order valence-electron chi connectivity index (χ1n) is 10.5. The van der Waals surface area contributed by atoms with Gasteiger partial charge in [0.15, 0.2) is 11.4 Å². The molecule has 0 aliphatic carbocycles. The quantitative estimate of drug-likeness (QED) is 0.402. The van der Waals surface area contributed by atoms with Crippen LogP contribution in [-0.2, 0) is 13.1 Å². The SMILES string of the molecule is O=C(NCCn1ncc2c(=O)n(Cc3ccccc3F)cnc21)c1ncc(-c2ccccc2)o1. The van der Waals surface area contributed by atoms with Crippen LogP contribution < -0.4 is 10.9 Å². The second-order valence-electron chi connectivity index (χ2n) is 7.53. The summed E-state index contributed by atoms with van der Waals surface area (Å²) in [6, 6.07) is 15.6. The van der Waals surface area contributed by atoms with E-state index in [4.69, 9.17) is 4.42 Å². The predicted octanol–water partition coefficient (Wildman–Crippen LogP) is 2.87. The largest absolute Gasteiger partial charge is 0.432 e. The van der Waals surface area contributed by atoms with Crippen molar-refractivity contribution in [3.63, 3.8) is 0 Å². The summed E-state index contributed by atoms with van der Waals surface area (Å²) in [5.41, 5.74) is 1.27. The molecule has 0 saturated carbocycles. The van der Waals surface area contributed by atoms with Gasteiger partial charge in [-0.3, -0.25) is 14.2 Å². The van der Waals surface area contributed by atoms with Crippen molar-refractivity contribution in [2.24, 2.45) is 0 Å². The zero-order chi connectivity index (χ0) is 23.5. The molecule has 0 spiro atoms. The second kappa shape index (κ2) is 9.10. The highest BCUT2D eigenvalue weighted by Crippen LogP contribution is 2.19. The molecule has 2 aromatic carbocycles. The van der Waals surface area contributed by atoms with Gasteiger partial charge in [0.05, 0.1) is 25.5 Å². The average Bonchev–Trinajstić information content (AvgIpc) is 3.51. The number of hydrogen-bond acceptors (Lipinski definition) is 6. The number of carbonyl (C=O) groups is 1. The molecule has 3 heterocycles. The van der Waals surface area contributed by atoms with Gasteiger partial charge in [-0.15, -0.1) is 0 Å². The number of halogens is 1. The van der Waals surface area contributed by atoms with Gasteiger partial charge in [-0.2, -0.15) is 5.10 Å². The van der Waals surface area contributed by atoms with Crippen LogP contribution in [0.25, 0.3) is 22.4 Å². The molecule has 170 valence electrons. The van der Waals surface area contributed by atoms with Crippen LogP contribution in [-0.4, -0.2) is 36.8 Å². The smallest absolute Gasteiger partial charge is 0.307 e. The second-order valence-corrected chi connectivity index (χ2v) is 7.53. The van der Waals surface area contributed by atoms with Gasteiger partial charge in [0, 0.05) is 17.7 Å². The van der Waals surface area contributed by atoms with Gasteiger partial charge in [-0.25, -0.2) is 19.0 Å². The minimum absolute atomic E-state index is 0.0432. The Kier molecular flexibility index (Phi) is 5.69. The van der Waals surface area contributed by atoms with Gasteiger partial charge in [-0.1, -0.05) is 48.5 Å². The van der Waals surface area contributed by atoms with Crippen molar-refractivity contribution in [2.75, 3.05) is 6.54 Å². The lowest BCUT2D eigenvalue weighted by Gasteiger charge is -2.07. The van der Waals surface area contributed by atoms with E-state index in [9.17, 15) is 14.0 Å². The summed E-state index contributed by atoms with van der Waals surface area (Å²) in [4.78, 5) is 33.5. The van der Waals surface area contributed by atoms with E-state index in [0.717, 1.165) is 5.56 Å². The fraction of sp³-hybridized carbons (Fsp3) is 0.125. The van der Waals surface area contributed by atoms with Crippen molar-refractivity contribution in [1.29, 1.82) is 0 Å². The number of rotatable bonds is 7. The summed E-state index contributed by atoms with van der Waals surface area (Å²) < 4.78 is 22.3. The molecule has 0 aliphatic rings. The van der Waals surface area contributed by atoms with Gasteiger partial charge < -0.3 is 9.73 Å². The molecule has 0 bridgehead atoms. The molecule has 5 aromatic rings. The molecular weight excluding hydrogens is 439 g/mol. The lowest BCUT2D eigenvalue weighted by atomic mass is 10.2. The fourth-order valence-electron chi connectivity index (χ4n) is 3.55. The van der Waals surface area contributed by atoms with Crippen molar-refractivity contribution >= 4 is 16.9 Å². The zero-order valence-electron chi connectivity index (χ0n) is 17.9. The maximum absolute atomic E-state index is 13.9. The number of benzene rings is 2. The molecule has 3 aromatic heterocycles. The number of fused-ring (bicyclic) bond motifs is 1. The van der Waals surface area contributed by atoms with Crippen LogP contribution in [0, 0.1) is 5.82 Å². The first kappa shape index (κ1) is 21.3. The minimum atomic E-state index is -0.459. The Morgan fingerprint density at radius 3 is 2.65 bits per heavy atom. The van der Waals surface area contributed by atoms with Crippen molar-refractivity contribution in [3.05, 3.63) is 101 Å². The van der Waals surface area contributed by atoms with Gasteiger partial charge in [0.2, 0.25) is 0 Å².